The number of hydrogen-bond donors (Lipinski definition) is 2. The average molecular weight is 558 g/mol. The highest BCUT2D eigenvalue weighted by atomic mass is 35.5. The molecule has 0 saturated heterocycles. The van der Waals surface area contributed by atoms with Crippen molar-refractivity contribution in [2.75, 3.05) is 5.32 Å². The minimum atomic E-state index is -1.66. The van der Waals surface area contributed by atoms with Gasteiger partial charge in [0.2, 0.25) is 5.95 Å². The zero-order chi connectivity index (χ0) is 28.0. The predicted octanol–water partition coefficient (Wildman–Crippen LogP) is 3.20. The fourth-order valence-corrected chi connectivity index (χ4v) is 4.29. The first kappa shape index (κ1) is 26.0. The zero-order valence-electron chi connectivity index (χ0n) is 20.4. The summed E-state index contributed by atoms with van der Waals surface area (Å²) in [4.78, 5) is 49.5. The summed E-state index contributed by atoms with van der Waals surface area (Å²) in [6.45, 7) is 0.880. The van der Waals surface area contributed by atoms with Crippen LogP contribution in [0.5, 0.6) is 0 Å². The Kier molecular flexibility index (Phi) is 6.60. The highest BCUT2D eigenvalue weighted by Gasteiger charge is 2.19. The molecule has 0 bridgehead atoms. The van der Waals surface area contributed by atoms with Crippen LogP contribution in [-0.4, -0.2) is 28.7 Å². The summed E-state index contributed by atoms with van der Waals surface area (Å²) >= 11 is 6.43. The van der Waals surface area contributed by atoms with E-state index in [-0.39, 0.29) is 27.8 Å². The standard InChI is InChI=1S/C25H19ClF3N7O3/c1-12-31-19-8-15(26)18(9-20(19)34(12)2)32-23-33-24(38)36(11-14-4-3-5-30-22(14)37)25(39)35(23)10-13-6-16(27)21(29)17(28)7-13/h3-9H,10-11H2,1-2H3,(H,30,37)(H,32,33,38). The number of H-pyrrole nitrogens is 1. The molecule has 0 aliphatic rings. The smallest absolute Gasteiger partial charge is 0.331 e. The number of aryl methyl sites for hydroxylation is 2. The molecule has 0 aliphatic carbocycles. The number of benzene rings is 2. The Morgan fingerprint density at radius 1 is 1.00 bits per heavy atom. The molecule has 0 fully saturated rings. The van der Waals surface area contributed by atoms with E-state index in [2.05, 4.69) is 20.3 Å². The van der Waals surface area contributed by atoms with Crippen LogP contribution >= 0.6 is 11.6 Å². The largest absolute Gasteiger partial charge is 0.355 e. The Labute approximate surface area is 222 Å². The van der Waals surface area contributed by atoms with Crippen LogP contribution in [0.15, 0.2) is 57.0 Å². The van der Waals surface area contributed by atoms with Gasteiger partial charge in [-0.1, -0.05) is 17.7 Å². The first-order valence-electron chi connectivity index (χ1n) is 11.4. The van der Waals surface area contributed by atoms with Gasteiger partial charge in [-0.15, -0.1) is 0 Å². The van der Waals surface area contributed by atoms with Crippen molar-refractivity contribution >= 4 is 34.3 Å². The SMILES string of the molecule is Cc1nc2cc(Cl)c(Nc3nc(=O)n(Cc4ccc[nH]c4=O)c(=O)n3Cc3cc(F)c(F)c(F)c3)cc2n1C. The summed E-state index contributed by atoms with van der Waals surface area (Å²) < 4.78 is 44.9. The lowest BCUT2D eigenvalue weighted by atomic mass is 10.2. The topological polar surface area (TPSA) is 120 Å². The number of aromatic nitrogens is 6. The monoisotopic (exact) mass is 557 g/mol. The third-order valence-corrected chi connectivity index (χ3v) is 6.51. The second kappa shape index (κ2) is 9.91. The fourth-order valence-electron chi connectivity index (χ4n) is 4.09. The molecule has 200 valence electrons. The van der Waals surface area contributed by atoms with E-state index in [1.807, 2.05) is 0 Å². The Balaban J connectivity index is 1.67. The van der Waals surface area contributed by atoms with E-state index in [0.717, 1.165) is 16.7 Å². The number of halogens is 4. The van der Waals surface area contributed by atoms with E-state index in [9.17, 15) is 27.6 Å². The van der Waals surface area contributed by atoms with Crippen molar-refractivity contribution in [2.24, 2.45) is 7.05 Å². The summed E-state index contributed by atoms with van der Waals surface area (Å²) in [6.07, 6.45) is 1.39. The number of anilines is 2. The summed E-state index contributed by atoms with van der Waals surface area (Å²) in [7, 11) is 1.79. The number of fused-ring (bicyclic) bond motifs is 1. The molecular weight excluding hydrogens is 539 g/mol. The maximum absolute atomic E-state index is 14.0. The van der Waals surface area contributed by atoms with Crippen LogP contribution in [0, 0.1) is 24.4 Å². The van der Waals surface area contributed by atoms with Gasteiger partial charge >= 0.3 is 11.4 Å². The maximum Gasteiger partial charge on any atom is 0.355 e. The quantitative estimate of drug-likeness (QED) is 0.310. The number of nitrogens with one attached hydrogen (secondary N) is 2. The zero-order valence-corrected chi connectivity index (χ0v) is 21.2. The fraction of sp³-hybridized carbons (Fsp3) is 0.160. The van der Waals surface area contributed by atoms with Gasteiger partial charge in [-0.05, 0) is 42.8 Å². The highest BCUT2D eigenvalue weighted by molar-refractivity contribution is 6.34. The van der Waals surface area contributed by atoms with Gasteiger partial charge in [-0.3, -0.25) is 9.36 Å². The van der Waals surface area contributed by atoms with E-state index >= 15 is 0 Å². The maximum atomic E-state index is 14.0. The molecule has 5 rings (SSSR count). The number of pyridine rings is 1. The summed E-state index contributed by atoms with van der Waals surface area (Å²) in [6, 6.07) is 7.62. The van der Waals surface area contributed by atoms with Crippen molar-refractivity contribution in [3.63, 3.8) is 0 Å². The molecule has 2 N–H and O–H groups in total. The molecule has 5 aromatic rings. The lowest BCUT2D eigenvalue weighted by Crippen LogP contribution is -2.43. The summed E-state index contributed by atoms with van der Waals surface area (Å²) in [5, 5.41) is 3.05. The van der Waals surface area contributed by atoms with Gasteiger partial charge in [-0.25, -0.2) is 32.3 Å². The molecule has 14 heteroatoms. The van der Waals surface area contributed by atoms with E-state index in [1.54, 1.807) is 30.7 Å². The number of imidazole rings is 1. The minimum absolute atomic E-state index is 0.102. The van der Waals surface area contributed by atoms with Crippen LogP contribution in [0.1, 0.15) is 17.0 Å². The molecule has 2 aromatic carbocycles. The number of hydrogen-bond acceptors (Lipinski definition) is 6. The van der Waals surface area contributed by atoms with Gasteiger partial charge in [0.1, 0.15) is 5.82 Å². The van der Waals surface area contributed by atoms with E-state index in [1.165, 1.54) is 18.3 Å². The van der Waals surface area contributed by atoms with Crippen LogP contribution < -0.4 is 22.3 Å². The third kappa shape index (κ3) is 4.83. The van der Waals surface area contributed by atoms with Gasteiger partial charge in [-0.2, -0.15) is 4.98 Å². The molecule has 3 heterocycles. The molecule has 10 nitrogen and oxygen atoms in total. The van der Waals surface area contributed by atoms with Crippen molar-refractivity contribution < 1.29 is 13.2 Å². The van der Waals surface area contributed by atoms with Gasteiger partial charge in [0.25, 0.3) is 5.56 Å². The minimum Gasteiger partial charge on any atom is -0.331 e. The number of rotatable bonds is 6. The normalized spacial score (nSPS) is 11.3. The Bertz CT molecular complexity index is 1920. The molecule has 0 radical (unpaired) electrons. The van der Waals surface area contributed by atoms with E-state index in [0.29, 0.717) is 21.4 Å². The molecule has 0 spiro atoms. The van der Waals surface area contributed by atoms with Crippen LogP contribution in [0.4, 0.5) is 24.8 Å². The van der Waals surface area contributed by atoms with Crippen LogP contribution in [-0.2, 0) is 20.1 Å². The van der Waals surface area contributed by atoms with Gasteiger partial charge in [0.15, 0.2) is 17.5 Å². The highest BCUT2D eigenvalue weighted by Crippen LogP contribution is 2.30. The Morgan fingerprint density at radius 2 is 1.72 bits per heavy atom. The van der Waals surface area contributed by atoms with Crippen LogP contribution in [0.3, 0.4) is 0 Å². The molecule has 0 atom stereocenters. The van der Waals surface area contributed by atoms with Crippen molar-refractivity contribution in [1.82, 2.24) is 28.7 Å². The first-order chi connectivity index (χ1) is 18.5. The number of nitrogens with zero attached hydrogens (tertiary/aromatic N) is 5. The third-order valence-electron chi connectivity index (χ3n) is 6.20. The predicted molar refractivity (Wildman–Crippen MR) is 138 cm³/mol. The molecule has 0 saturated carbocycles. The number of aromatic amines is 1. The van der Waals surface area contributed by atoms with Gasteiger partial charge in [0.05, 0.1) is 34.8 Å². The molecular formula is C25H19ClF3N7O3. The van der Waals surface area contributed by atoms with Gasteiger partial charge in [0, 0.05) is 18.8 Å². The first-order valence-corrected chi connectivity index (χ1v) is 11.8. The molecule has 0 amide bonds. The van der Waals surface area contributed by atoms with E-state index < -0.39 is 47.5 Å². The second-order valence-corrected chi connectivity index (χ2v) is 9.14. The molecule has 0 unspecified atom stereocenters. The van der Waals surface area contributed by atoms with E-state index in [4.69, 9.17) is 11.6 Å². The van der Waals surface area contributed by atoms with Crippen molar-refractivity contribution in [3.05, 3.63) is 113 Å². The molecule has 0 aliphatic heterocycles. The lowest BCUT2D eigenvalue weighted by molar-refractivity contribution is 0.444. The lowest BCUT2D eigenvalue weighted by Gasteiger charge is -2.16. The summed E-state index contributed by atoms with van der Waals surface area (Å²) in [5.74, 6) is -4.16. The van der Waals surface area contributed by atoms with Crippen molar-refractivity contribution in [2.45, 2.75) is 20.0 Å². The summed E-state index contributed by atoms with van der Waals surface area (Å²) in [5.41, 5.74) is -0.918. The van der Waals surface area contributed by atoms with Crippen molar-refractivity contribution in [3.8, 4) is 0 Å². The Morgan fingerprint density at radius 3 is 2.41 bits per heavy atom. The van der Waals surface area contributed by atoms with Gasteiger partial charge < -0.3 is 14.9 Å². The Hall–Kier alpha value is -4.65. The molecule has 3 aromatic heterocycles. The van der Waals surface area contributed by atoms with Crippen LogP contribution in [0.2, 0.25) is 5.02 Å². The van der Waals surface area contributed by atoms with Crippen molar-refractivity contribution in [1.29, 1.82) is 0 Å². The average Bonchev–Trinajstić information content (AvgIpc) is 3.15. The molecule has 39 heavy (non-hydrogen) atoms. The van der Waals surface area contributed by atoms with Crippen LogP contribution in [0.25, 0.3) is 11.0 Å². The second-order valence-electron chi connectivity index (χ2n) is 8.73.